The standard InChI is InChI=1S/C13H16N2O4/c1-13(17)6-8-14(9-7-13)12(16)10-2-4-11(5-3-10)15(18)19/h2-5,17H,6-9H2,1H3. The van der Waals surface area contributed by atoms with Gasteiger partial charge in [0.2, 0.25) is 0 Å². The molecule has 1 aliphatic heterocycles. The van der Waals surface area contributed by atoms with Gasteiger partial charge in [-0.2, -0.15) is 0 Å². The maximum absolute atomic E-state index is 12.2. The quantitative estimate of drug-likeness (QED) is 0.649. The number of carbonyl (C=O) groups is 1. The van der Waals surface area contributed by atoms with Gasteiger partial charge in [0.1, 0.15) is 0 Å². The first-order chi connectivity index (χ1) is 8.89. The van der Waals surface area contributed by atoms with Crippen LogP contribution >= 0.6 is 0 Å². The van der Waals surface area contributed by atoms with Gasteiger partial charge in [-0.15, -0.1) is 0 Å². The monoisotopic (exact) mass is 264 g/mol. The SMILES string of the molecule is CC1(O)CCN(C(=O)c2ccc([N+](=O)[O-])cc2)CC1. The molecular formula is C13H16N2O4. The molecule has 1 heterocycles. The number of hydrogen-bond donors (Lipinski definition) is 1. The molecule has 2 rings (SSSR count). The molecule has 1 saturated heterocycles. The Bertz CT molecular complexity index is 486. The topological polar surface area (TPSA) is 83.7 Å². The highest BCUT2D eigenvalue weighted by molar-refractivity contribution is 5.94. The first-order valence-corrected chi connectivity index (χ1v) is 6.15. The summed E-state index contributed by atoms with van der Waals surface area (Å²) >= 11 is 0. The van der Waals surface area contributed by atoms with Crippen molar-refractivity contribution in [2.24, 2.45) is 0 Å². The molecule has 0 aliphatic carbocycles. The van der Waals surface area contributed by atoms with E-state index >= 15 is 0 Å². The molecule has 1 amide bonds. The number of carbonyl (C=O) groups excluding carboxylic acids is 1. The molecule has 6 nitrogen and oxygen atoms in total. The minimum atomic E-state index is -0.702. The average Bonchev–Trinajstić information content (AvgIpc) is 2.38. The molecule has 0 spiro atoms. The summed E-state index contributed by atoms with van der Waals surface area (Å²) in [6, 6.07) is 5.58. The molecule has 1 aromatic rings. The number of non-ortho nitro benzene ring substituents is 1. The van der Waals surface area contributed by atoms with Crippen molar-refractivity contribution in [3.8, 4) is 0 Å². The number of likely N-dealkylation sites (tertiary alicyclic amines) is 1. The Balaban J connectivity index is 2.06. The van der Waals surface area contributed by atoms with Crippen molar-refractivity contribution in [2.75, 3.05) is 13.1 Å². The molecule has 0 saturated carbocycles. The van der Waals surface area contributed by atoms with Gasteiger partial charge in [-0.3, -0.25) is 14.9 Å². The minimum Gasteiger partial charge on any atom is -0.390 e. The van der Waals surface area contributed by atoms with E-state index < -0.39 is 10.5 Å². The predicted octanol–water partition coefficient (Wildman–Crippen LogP) is 1.58. The summed E-state index contributed by atoms with van der Waals surface area (Å²) in [6.45, 7) is 2.77. The summed E-state index contributed by atoms with van der Waals surface area (Å²) in [5.74, 6) is -0.148. The van der Waals surface area contributed by atoms with Crippen LogP contribution in [0.5, 0.6) is 0 Å². The number of piperidine rings is 1. The Kier molecular flexibility index (Phi) is 3.53. The van der Waals surface area contributed by atoms with Crippen molar-refractivity contribution in [3.05, 3.63) is 39.9 Å². The van der Waals surface area contributed by atoms with Crippen molar-refractivity contribution in [2.45, 2.75) is 25.4 Å². The van der Waals surface area contributed by atoms with Gasteiger partial charge in [-0.25, -0.2) is 0 Å². The van der Waals surface area contributed by atoms with Crippen LogP contribution in [-0.4, -0.2) is 39.5 Å². The lowest BCUT2D eigenvalue weighted by Crippen LogP contribution is -2.45. The molecule has 1 fully saturated rings. The predicted molar refractivity (Wildman–Crippen MR) is 68.9 cm³/mol. The highest BCUT2D eigenvalue weighted by atomic mass is 16.6. The maximum atomic E-state index is 12.2. The Labute approximate surface area is 110 Å². The largest absolute Gasteiger partial charge is 0.390 e. The van der Waals surface area contributed by atoms with Crippen LogP contribution in [0.25, 0.3) is 0 Å². The van der Waals surface area contributed by atoms with Gasteiger partial charge >= 0.3 is 0 Å². The third-order valence-electron chi connectivity index (χ3n) is 3.45. The van der Waals surface area contributed by atoms with Crippen LogP contribution in [0, 0.1) is 10.1 Å². The second kappa shape index (κ2) is 4.97. The minimum absolute atomic E-state index is 0.0295. The van der Waals surface area contributed by atoms with E-state index in [0.717, 1.165) is 0 Å². The van der Waals surface area contributed by atoms with E-state index in [1.54, 1.807) is 11.8 Å². The van der Waals surface area contributed by atoms with E-state index in [0.29, 0.717) is 31.5 Å². The fourth-order valence-electron chi connectivity index (χ4n) is 2.10. The van der Waals surface area contributed by atoms with Crippen LogP contribution < -0.4 is 0 Å². The Hall–Kier alpha value is -1.95. The van der Waals surface area contributed by atoms with E-state index in [1.165, 1.54) is 24.3 Å². The Morgan fingerprint density at radius 1 is 1.32 bits per heavy atom. The summed E-state index contributed by atoms with van der Waals surface area (Å²) in [7, 11) is 0. The number of aliphatic hydroxyl groups is 1. The zero-order valence-electron chi connectivity index (χ0n) is 10.7. The number of hydrogen-bond acceptors (Lipinski definition) is 4. The zero-order valence-corrected chi connectivity index (χ0v) is 10.7. The second-order valence-corrected chi connectivity index (χ2v) is 5.09. The van der Waals surface area contributed by atoms with Gasteiger partial charge in [0.25, 0.3) is 11.6 Å². The highest BCUT2D eigenvalue weighted by Gasteiger charge is 2.29. The molecule has 102 valence electrons. The van der Waals surface area contributed by atoms with Crippen LogP contribution in [0.2, 0.25) is 0 Å². The van der Waals surface area contributed by atoms with E-state index in [4.69, 9.17) is 0 Å². The van der Waals surface area contributed by atoms with E-state index in [-0.39, 0.29) is 11.6 Å². The first-order valence-electron chi connectivity index (χ1n) is 6.15. The van der Waals surface area contributed by atoms with Crippen molar-refractivity contribution < 1.29 is 14.8 Å². The van der Waals surface area contributed by atoms with Crippen LogP contribution in [0.4, 0.5) is 5.69 Å². The fourth-order valence-corrected chi connectivity index (χ4v) is 2.10. The number of amides is 1. The smallest absolute Gasteiger partial charge is 0.269 e. The Morgan fingerprint density at radius 2 is 1.84 bits per heavy atom. The summed E-state index contributed by atoms with van der Waals surface area (Å²) in [5.41, 5.74) is -0.294. The molecule has 0 radical (unpaired) electrons. The molecule has 0 bridgehead atoms. The van der Waals surface area contributed by atoms with Gasteiger partial charge in [-0.05, 0) is 31.9 Å². The number of benzene rings is 1. The average molecular weight is 264 g/mol. The zero-order chi connectivity index (χ0) is 14.0. The third-order valence-corrected chi connectivity index (χ3v) is 3.45. The summed E-state index contributed by atoms with van der Waals surface area (Å²) in [6.07, 6.45) is 1.09. The normalized spacial score (nSPS) is 18.1. The van der Waals surface area contributed by atoms with E-state index in [9.17, 15) is 20.0 Å². The number of nitrogens with zero attached hydrogens (tertiary/aromatic N) is 2. The molecule has 1 N–H and O–H groups in total. The summed E-state index contributed by atoms with van der Waals surface area (Å²) in [4.78, 5) is 23.9. The molecule has 0 unspecified atom stereocenters. The van der Waals surface area contributed by atoms with E-state index in [2.05, 4.69) is 0 Å². The van der Waals surface area contributed by atoms with Gasteiger partial charge < -0.3 is 10.0 Å². The highest BCUT2D eigenvalue weighted by Crippen LogP contribution is 2.23. The number of nitro benzene ring substituents is 1. The summed E-state index contributed by atoms with van der Waals surface area (Å²) in [5, 5.41) is 20.4. The second-order valence-electron chi connectivity index (χ2n) is 5.09. The molecule has 6 heteroatoms. The molecule has 0 atom stereocenters. The summed E-state index contributed by atoms with van der Waals surface area (Å²) < 4.78 is 0. The van der Waals surface area contributed by atoms with Gasteiger partial charge in [0.05, 0.1) is 10.5 Å². The van der Waals surface area contributed by atoms with Crippen LogP contribution in [0.15, 0.2) is 24.3 Å². The number of nitro groups is 1. The van der Waals surface area contributed by atoms with Crippen molar-refractivity contribution in [1.29, 1.82) is 0 Å². The number of rotatable bonds is 2. The lowest BCUT2D eigenvalue weighted by Gasteiger charge is -2.35. The maximum Gasteiger partial charge on any atom is 0.269 e. The van der Waals surface area contributed by atoms with Gasteiger partial charge in [0.15, 0.2) is 0 Å². The van der Waals surface area contributed by atoms with Crippen LogP contribution in [-0.2, 0) is 0 Å². The molecule has 1 aromatic carbocycles. The molecular weight excluding hydrogens is 248 g/mol. The van der Waals surface area contributed by atoms with Crippen LogP contribution in [0.1, 0.15) is 30.1 Å². The van der Waals surface area contributed by atoms with Crippen molar-refractivity contribution >= 4 is 11.6 Å². The first kappa shape index (κ1) is 13.5. The molecule has 19 heavy (non-hydrogen) atoms. The van der Waals surface area contributed by atoms with Gasteiger partial charge in [-0.1, -0.05) is 0 Å². The molecule has 1 aliphatic rings. The Morgan fingerprint density at radius 3 is 2.32 bits per heavy atom. The van der Waals surface area contributed by atoms with Crippen LogP contribution in [0.3, 0.4) is 0 Å². The van der Waals surface area contributed by atoms with Crippen molar-refractivity contribution in [1.82, 2.24) is 4.90 Å². The lowest BCUT2D eigenvalue weighted by atomic mass is 9.93. The third kappa shape index (κ3) is 3.08. The lowest BCUT2D eigenvalue weighted by molar-refractivity contribution is -0.384. The van der Waals surface area contributed by atoms with Crippen molar-refractivity contribution in [3.63, 3.8) is 0 Å². The van der Waals surface area contributed by atoms with Gasteiger partial charge in [0, 0.05) is 30.8 Å². The molecule has 0 aromatic heterocycles. The van der Waals surface area contributed by atoms with E-state index in [1.807, 2.05) is 0 Å². The fraction of sp³-hybridized carbons (Fsp3) is 0.462.